The van der Waals surface area contributed by atoms with Crippen molar-refractivity contribution in [3.63, 3.8) is 0 Å². The number of aryl methyl sites for hydroxylation is 1. The topological polar surface area (TPSA) is 56.1 Å². The molecular weight excluding hydrogens is 262 g/mol. The number of aromatic nitrogens is 2. The second kappa shape index (κ2) is 8.58. The zero-order chi connectivity index (χ0) is 15.8. The van der Waals surface area contributed by atoms with Crippen LogP contribution in [0.15, 0.2) is 0 Å². The lowest BCUT2D eigenvalue weighted by molar-refractivity contribution is 0.412. The third kappa shape index (κ3) is 4.40. The Balaban J connectivity index is 3.21. The van der Waals surface area contributed by atoms with Gasteiger partial charge in [0, 0.05) is 19.6 Å². The highest BCUT2D eigenvalue weighted by Gasteiger charge is 2.19. The summed E-state index contributed by atoms with van der Waals surface area (Å²) in [6, 6.07) is 2.36. The van der Waals surface area contributed by atoms with E-state index in [4.69, 9.17) is 0 Å². The SMILES string of the molecule is CCCN(CCN(C)C)c1nnc(CC)c(CC)c1C#N. The van der Waals surface area contributed by atoms with Crippen molar-refractivity contribution in [2.45, 2.75) is 40.0 Å². The Morgan fingerprint density at radius 3 is 2.19 bits per heavy atom. The van der Waals surface area contributed by atoms with E-state index in [-0.39, 0.29) is 0 Å². The molecule has 116 valence electrons. The van der Waals surface area contributed by atoms with Crippen LogP contribution in [-0.4, -0.2) is 48.8 Å². The van der Waals surface area contributed by atoms with Crippen LogP contribution in [0.2, 0.25) is 0 Å². The lowest BCUT2D eigenvalue weighted by atomic mass is 10.0. The van der Waals surface area contributed by atoms with E-state index in [1.807, 2.05) is 0 Å². The predicted molar refractivity (Wildman–Crippen MR) is 86.6 cm³/mol. The molecule has 0 bridgehead atoms. The number of rotatable bonds is 8. The van der Waals surface area contributed by atoms with Gasteiger partial charge in [-0.2, -0.15) is 10.4 Å². The molecule has 1 aromatic heterocycles. The molecule has 5 nitrogen and oxygen atoms in total. The molecule has 0 saturated carbocycles. The van der Waals surface area contributed by atoms with E-state index in [0.29, 0.717) is 5.56 Å². The standard InChI is InChI=1S/C16H27N5/c1-6-9-21(11-10-20(4)5)16-14(12-17)13(7-2)15(8-3)18-19-16/h6-11H2,1-5H3. The van der Waals surface area contributed by atoms with Gasteiger partial charge < -0.3 is 9.80 Å². The molecule has 0 unspecified atom stereocenters. The molecule has 1 rings (SSSR count). The summed E-state index contributed by atoms with van der Waals surface area (Å²) >= 11 is 0. The summed E-state index contributed by atoms with van der Waals surface area (Å²) < 4.78 is 0. The second-order valence-corrected chi connectivity index (χ2v) is 5.43. The van der Waals surface area contributed by atoms with Crippen molar-refractivity contribution >= 4 is 5.82 Å². The molecule has 0 N–H and O–H groups in total. The molecular formula is C16H27N5. The van der Waals surface area contributed by atoms with Crippen LogP contribution in [-0.2, 0) is 12.8 Å². The quantitative estimate of drug-likeness (QED) is 0.734. The van der Waals surface area contributed by atoms with E-state index in [9.17, 15) is 5.26 Å². The van der Waals surface area contributed by atoms with Gasteiger partial charge in [-0.15, -0.1) is 5.10 Å². The van der Waals surface area contributed by atoms with Crippen LogP contribution in [0.1, 0.15) is 44.0 Å². The van der Waals surface area contributed by atoms with Gasteiger partial charge in [-0.3, -0.25) is 0 Å². The molecule has 1 aromatic rings. The summed E-state index contributed by atoms with van der Waals surface area (Å²) in [7, 11) is 4.11. The molecule has 5 heteroatoms. The Bertz CT molecular complexity index is 490. The van der Waals surface area contributed by atoms with E-state index >= 15 is 0 Å². The highest BCUT2D eigenvalue weighted by Crippen LogP contribution is 2.23. The Morgan fingerprint density at radius 2 is 1.71 bits per heavy atom. The first-order valence-corrected chi connectivity index (χ1v) is 7.77. The number of hydrogen-bond acceptors (Lipinski definition) is 5. The van der Waals surface area contributed by atoms with Gasteiger partial charge in [0.15, 0.2) is 5.82 Å². The molecule has 0 aliphatic heterocycles. The minimum Gasteiger partial charge on any atom is -0.353 e. The van der Waals surface area contributed by atoms with Crippen molar-refractivity contribution in [1.82, 2.24) is 15.1 Å². The fourth-order valence-corrected chi connectivity index (χ4v) is 2.42. The van der Waals surface area contributed by atoms with Crippen LogP contribution in [0, 0.1) is 11.3 Å². The van der Waals surface area contributed by atoms with E-state index in [2.05, 4.69) is 60.9 Å². The third-order valence-corrected chi connectivity index (χ3v) is 3.55. The largest absolute Gasteiger partial charge is 0.353 e. The smallest absolute Gasteiger partial charge is 0.169 e. The molecule has 1 heterocycles. The van der Waals surface area contributed by atoms with E-state index in [1.165, 1.54) is 0 Å². The average Bonchev–Trinajstić information content (AvgIpc) is 2.49. The summed E-state index contributed by atoms with van der Waals surface area (Å²) in [5, 5.41) is 18.3. The normalized spacial score (nSPS) is 10.7. The lowest BCUT2D eigenvalue weighted by Gasteiger charge is -2.26. The first kappa shape index (κ1) is 17.4. The zero-order valence-electron chi connectivity index (χ0n) is 14.0. The number of nitrogens with zero attached hydrogens (tertiary/aromatic N) is 5. The summed E-state index contributed by atoms with van der Waals surface area (Å²) in [6.07, 6.45) is 2.66. The van der Waals surface area contributed by atoms with E-state index < -0.39 is 0 Å². The van der Waals surface area contributed by atoms with E-state index in [0.717, 1.165) is 56.0 Å². The van der Waals surface area contributed by atoms with Crippen molar-refractivity contribution in [3.05, 3.63) is 16.8 Å². The molecule has 0 spiro atoms. The monoisotopic (exact) mass is 289 g/mol. The van der Waals surface area contributed by atoms with Crippen LogP contribution < -0.4 is 4.90 Å². The second-order valence-electron chi connectivity index (χ2n) is 5.43. The van der Waals surface area contributed by atoms with Gasteiger partial charge in [0.25, 0.3) is 0 Å². The van der Waals surface area contributed by atoms with Gasteiger partial charge in [0.1, 0.15) is 11.6 Å². The Labute approximate surface area is 128 Å². The number of anilines is 1. The Kier molecular flexibility index (Phi) is 7.10. The summed E-state index contributed by atoms with van der Waals surface area (Å²) in [5.74, 6) is 0.746. The Morgan fingerprint density at radius 1 is 1.00 bits per heavy atom. The molecule has 0 atom stereocenters. The van der Waals surface area contributed by atoms with Crippen molar-refractivity contribution in [3.8, 4) is 6.07 Å². The fraction of sp³-hybridized carbons (Fsp3) is 0.688. The van der Waals surface area contributed by atoms with Crippen LogP contribution in [0.4, 0.5) is 5.82 Å². The number of nitriles is 1. The van der Waals surface area contributed by atoms with Gasteiger partial charge in [-0.1, -0.05) is 20.8 Å². The lowest BCUT2D eigenvalue weighted by Crippen LogP contribution is -2.34. The molecule has 0 aliphatic rings. The van der Waals surface area contributed by atoms with Crippen molar-refractivity contribution < 1.29 is 0 Å². The molecule has 0 amide bonds. The van der Waals surface area contributed by atoms with Gasteiger partial charge in [0.2, 0.25) is 0 Å². The first-order valence-electron chi connectivity index (χ1n) is 7.77. The maximum absolute atomic E-state index is 9.59. The van der Waals surface area contributed by atoms with Crippen LogP contribution >= 0.6 is 0 Å². The maximum Gasteiger partial charge on any atom is 0.169 e. The molecule has 0 aromatic carbocycles. The van der Waals surface area contributed by atoms with Crippen molar-refractivity contribution in [1.29, 1.82) is 5.26 Å². The average molecular weight is 289 g/mol. The van der Waals surface area contributed by atoms with Crippen LogP contribution in [0.25, 0.3) is 0 Å². The summed E-state index contributed by atoms with van der Waals surface area (Å²) in [4.78, 5) is 4.33. The maximum atomic E-state index is 9.59. The van der Waals surface area contributed by atoms with Gasteiger partial charge in [-0.05, 0) is 38.9 Å². The van der Waals surface area contributed by atoms with E-state index in [1.54, 1.807) is 0 Å². The highest BCUT2D eigenvalue weighted by atomic mass is 15.3. The minimum absolute atomic E-state index is 0.705. The van der Waals surface area contributed by atoms with Gasteiger partial charge in [-0.25, -0.2) is 0 Å². The molecule has 0 radical (unpaired) electrons. The number of likely N-dealkylation sites (N-methyl/N-ethyl adjacent to an activating group) is 1. The van der Waals surface area contributed by atoms with Gasteiger partial charge in [0.05, 0.1) is 5.69 Å². The fourth-order valence-electron chi connectivity index (χ4n) is 2.42. The summed E-state index contributed by atoms with van der Waals surface area (Å²) in [5.41, 5.74) is 2.70. The molecule has 0 saturated heterocycles. The predicted octanol–water partition coefficient (Wildman–Crippen LogP) is 2.25. The summed E-state index contributed by atoms with van der Waals surface area (Å²) in [6.45, 7) is 8.96. The van der Waals surface area contributed by atoms with Crippen LogP contribution in [0.5, 0.6) is 0 Å². The first-order chi connectivity index (χ1) is 10.1. The van der Waals surface area contributed by atoms with Crippen molar-refractivity contribution in [2.75, 3.05) is 38.6 Å². The van der Waals surface area contributed by atoms with Crippen LogP contribution in [0.3, 0.4) is 0 Å². The Hall–Kier alpha value is -1.67. The van der Waals surface area contributed by atoms with Crippen molar-refractivity contribution in [2.24, 2.45) is 0 Å². The number of hydrogen-bond donors (Lipinski definition) is 0. The third-order valence-electron chi connectivity index (χ3n) is 3.55. The van der Waals surface area contributed by atoms with Gasteiger partial charge >= 0.3 is 0 Å². The molecule has 0 aliphatic carbocycles. The highest BCUT2D eigenvalue weighted by molar-refractivity contribution is 5.58. The zero-order valence-corrected chi connectivity index (χ0v) is 14.0. The molecule has 21 heavy (non-hydrogen) atoms. The minimum atomic E-state index is 0.705. The molecule has 0 fully saturated rings.